The van der Waals surface area contributed by atoms with Gasteiger partial charge in [0.15, 0.2) is 0 Å². The highest BCUT2D eigenvalue weighted by Gasteiger charge is 2.23. The maximum Gasteiger partial charge on any atom is 0.0783 e. The van der Waals surface area contributed by atoms with Gasteiger partial charge < -0.3 is 28.8 Å². The molecule has 0 aromatic carbocycles. The number of aliphatic carboxylic acids is 2. The van der Waals surface area contributed by atoms with Gasteiger partial charge in [0, 0.05) is 11.9 Å². The lowest BCUT2D eigenvalue weighted by Crippen LogP contribution is -2.50. The second-order valence-electron chi connectivity index (χ2n) is 11.8. The molecule has 0 radical (unpaired) electrons. The Hall–Kier alpha value is -1.14. The molecule has 0 aliphatic heterocycles. The molecule has 0 saturated carbocycles. The highest BCUT2D eigenvalue weighted by Crippen LogP contribution is 2.13. The van der Waals surface area contributed by atoms with Gasteiger partial charge in [-0.3, -0.25) is 0 Å². The van der Waals surface area contributed by atoms with Gasteiger partial charge >= 0.3 is 0 Å². The number of rotatable bonds is 25. The number of quaternary nitrogens is 2. The second kappa shape index (κ2) is 30.8. The molecule has 0 heterocycles. The standard InChI is InChI=1S/2C12H28N.C10H18O4/c2*1-5-9-13(10-6-2,11-7-3)12-8-4;11-9(12)7-5-3-1-2-4-6-8-10(13)14/h2*5-12H2,1-4H3;1-8H2,(H,11,12)(H,13,14)/q2*+1;/p-2. The molecule has 0 amide bonds. The van der Waals surface area contributed by atoms with Gasteiger partial charge in [0.05, 0.1) is 52.4 Å². The van der Waals surface area contributed by atoms with E-state index in [2.05, 4.69) is 55.4 Å². The number of unbranched alkanes of at least 4 members (excludes halogenated alkanes) is 5. The largest absolute Gasteiger partial charge is 0.550 e. The molecule has 0 bridgehead atoms. The van der Waals surface area contributed by atoms with Crippen molar-refractivity contribution in [1.29, 1.82) is 0 Å². The fraction of sp³-hybridized carbons (Fsp3) is 0.941. The van der Waals surface area contributed by atoms with E-state index >= 15 is 0 Å². The van der Waals surface area contributed by atoms with Crippen LogP contribution in [0.3, 0.4) is 0 Å². The Labute approximate surface area is 251 Å². The summed E-state index contributed by atoms with van der Waals surface area (Å²) in [4.78, 5) is 20.1. The lowest BCUT2D eigenvalue weighted by molar-refractivity contribution is -0.928. The maximum absolute atomic E-state index is 10.0. The van der Waals surface area contributed by atoms with Crippen molar-refractivity contribution < 1.29 is 28.8 Å². The molecule has 0 aliphatic carbocycles. The third-order valence-corrected chi connectivity index (χ3v) is 7.60. The molecular weight excluding hydrogens is 500 g/mol. The summed E-state index contributed by atoms with van der Waals surface area (Å²) in [6.07, 6.45) is 15.9. The fourth-order valence-corrected chi connectivity index (χ4v) is 6.38. The SMILES string of the molecule is CCC[N+](CCC)(CCC)CCC.CCC[N+](CCC)(CCC)CCC.O=C([O-])CCCCCCCCC(=O)[O-]. The van der Waals surface area contributed by atoms with Crippen LogP contribution in [-0.2, 0) is 9.59 Å². The van der Waals surface area contributed by atoms with Crippen molar-refractivity contribution >= 4 is 11.9 Å². The normalized spacial score (nSPS) is 11.3. The van der Waals surface area contributed by atoms with Crippen molar-refractivity contribution in [2.24, 2.45) is 0 Å². The minimum atomic E-state index is -0.998. The van der Waals surface area contributed by atoms with Gasteiger partial charge in [0.2, 0.25) is 0 Å². The van der Waals surface area contributed by atoms with E-state index in [1.165, 1.54) is 113 Å². The van der Waals surface area contributed by atoms with Crippen LogP contribution < -0.4 is 10.2 Å². The van der Waals surface area contributed by atoms with Crippen LogP contribution in [0.5, 0.6) is 0 Å². The second-order valence-corrected chi connectivity index (χ2v) is 11.8. The quantitative estimate of drug-likeness (QED) is 0.0925. The molecule has 0 aromatic heterocycles. The zero-order valence-corrected chi connectivity index (χ0v) is 28.5. The van der Waals surface area contributed by atoms with E-state index in [0.29, 0.717) is 12.8 Å². The van der Waals surface area contributed by atoms with Crippen LogP contribution in [0.1, 0.15) is 158 Å². The Morgan fingerprint density at radius 1 is 0.375 bits per heavy atom. The number of carboxylic acids is 2. The van der Waals surface area contributed by atoms with Crippen LogP contribution in [-0.4, -0.2) is 73.3 Å². The summed E-state index contributed by atoms with van der Waals surface area (Å²) in [5.41, 5.74) is 0. The first-order valence-corrected chi connectivity index (χ1v) is 17.2. The van der Waals surface area contributed by atoms with Gasteiger partial charge in [-0.15, -0.1) is 0 Å². The predicted molar refractivity (Wildman–Crippen MR) is 169 cm³/mol. The van der Waals surface area contributed by atoms with Gasteiger partial charge in [-0.1, -0.05) is 81.1 Å². The molecule has 6 nitrogen and oxygen atoms in total. The summed E-state index contributed by atoms with van der Waals surface area (Å²) in [5.74, 6) is -2.00. The summed E-state index contributed by atoms with van der Waals surface area (Å²) in [7, 11) is 0. The van der Waals surface area contributed by atoms with Crippen LogP contribution in [0.15, 0.2) is 0 Å². The van der Waals surface area contributed by atoms with Gasteiger partial charge in [-0.2, -0.15) is 0 Å². The van der Waals surface area contributed by atoms with Crippen molar-refractivity contribution in [3.8, 4) is 0 Å². The van der Waals surface area contributed by atoms with Crippen molar-refractivity contribution in [2.45, 2.75) is 158 Å². The van der Waals surface area contributed by atoms with E-state index in [9.17, 15) is 19.8 Å². The summed E-state index contributed by atoms with van der Waals surface area (Å²) in [5, 5.41) is 20.1. The number of hydrogen-bond acceptors (Lipinski definition) is 4. The molecule has 0 N–H and O–H groups in total. The third kappa shape index (κ3) is 27.1. The molecular formula is C34H72N2O4. The van der Waals surface area contributed by atoms with Crippen molar-refractivity contribution in [1.82, 2.24) is 0 Å². The Balaban J connectivity index is -0.000000514. The molecule has 0 fully saturated rings. The minimum absolute atomic E-state index is 0.124. The molecule has 0 aliphatic rings. The van der Waals surface area contributed by atoms with Gasteiger partial charge in [0.25, 0.3) is 0 Å². The molecule has 0 saturated heterocycles. The highest BCUT2D eigenvalue weighted by atomic mass is 16.4. The smallest absolute Gasteiger partial charge is 0.0783 e. The van der Waals surface area contributed by atoms with Crippen molar-refractivity contribution in [2.75, 3.05) is 52.4 Å². The van der Waals surface area contributed by atoms with Gasteiger partial charge in [-0.05, 0) is 77.0 Å². The number of carbonyl (C=O) groups excluding carboxylic acids is 2. The average molecular weight is 573 g/mol. The Kier molecular flexibility index (Phi) is 33.4. The van der Waals surface area contributed by atoms with Gasteiger partial charge in [0.1, 0.15) is 0 Å². The fourth-order valence-electron chi connectivity index (χ4n) is 6.38. The molecule has 0 aromatic rings. The monoisotopic (exact) mass is 573 g/mol. The maximum atomic E-state index is 10.0. The predicted octanol–water partition coefficient (Wildman–Crippen LogP) is 6.49. The molecule has 6 heteroatoms. The summed E-state index contributed by atoms with van der Waals surface area (Å²) >= 11 is 0. The molecule has 242 valence electrons. The van der Waals surface area contributed by atoms with Crippen molar-refractivity contribution in [3.63, 3.8) is 0 Å². The lowest BCUT2D eigenvalue weighted by Gasteiger charge is -2.38. The summed E-state index contributed by atoms with van der Waals surface area (Å²) in [6, 6.07) is 0. The number of nitrogens with zero attached hydrogens (tertiary/aromatic N) is 2. The highest BCUT2D eigenvalue weighted by molar-refractivity contribution is 5.64. The van der Waals surface area contributed by atoms with Crippen LogP contribution in [0.25, 0.3) is 0 Å². The van der Waals surface area contributed by atoms with E-state index < -0.39 is 11.9 Å². The van der Waals surface area contributed by atoms with Crippen LogP contribution in [0, 0.1) is 0 Å². The first-order chi connectivity index (χ1) is 19.1. The van der Waals surface area contributed by atoms with Crippen molar-refractivity contribution in [3.05, 3.63) is 0 Å². The Bertz CT molecular complexity index is 447. The zero-order chi connectivity index (χ0) is 31.1. The molecule has 0 atom stereocenters. The number of carboxylic acid groups (broad SMARTS) is 2. The number of hydrogen-bond donors (Lipinski definition) is 0. The summed E-state index contributed by atoms with van der Waals surface area (Å²) in [6.45, 7) is 29.6. The molecule has 40 heavy (non-hydrogen) atoms. The molecule has 0 rings (SSSR count). The molecule has 0 spiro atoms. The topological polar surface area (TPSA) is 80.3 Å². The number of carbonyl (C=O) groups is 2. The zero-order valence-electron chi connectivity index (χ0n) is 28.5. The first-order valence-electron chi connectivity index (χ1n) is 17.2. The third-order valence-electron chi connectivity index (χ3n) is 7.60. The van der Waals surface area contributed by atoms with E-state index in [-0.39, 0.29) is 12.8 Å². The molecule has 0 unspecified atom stereocenters. The summed E-state index contributed by atoms with van der Waals surface area (Å²) < 4.78 is 2.75. The van der Waals surface area contributed by atoms with E-state index in [0.717, 1.165) is 25.7 Å². The van der Waals surface area contributed by atoms with Crippen LogP contribution >= 0.6 is 0 Å². The lowest BCUT2D eigenvalue weighted by atomic mass is 10.1. The van der Waals surface area contributed by atoms with E-state index in [1.807, 2.05) is 0 Å². The van der Waals surface area contributed by atoms with Crippen LogP contribution in [0.2, 0.25) is 0 Å². The van der Waals surface area contributed by atoms with E-state index in [1.54, 1.807) is 0 Å². The first kappa shape index (κ1) is 43.3. The van der Waals surface area contributed by atoms with E-state index in [4.69, 9.17) is 0 Å². The Morgan fingerprint density at radius 2 is 0.550 bits per heavy atom. The Morgan fingerprint density at radius 3 is 0.700 bits per heavy atom. The average Bonchev–Trinajstić information content (AvgIpc) is 2.87. The minimum Gasteiger partial charge on any atom is -0.550 e. The van der Waals surface area contributed by atoms with Gasteiger partial charge in [-0.25, -0.2) is 0 Å². The van der Waals surface area contributed by atoms with Crippen LogP contribution in [0.4, 0.5) is 0 Å².